The Labute approximate surface area is 116 Å². The molecule has 1 atom stereocenters. The molecule has 1 aliphatic heterocycles. The number of aryl methyl sites for hydroxylation is 1. The molecule has 1 saturated heterocycles. The van der Waals surface area contributed by atoms with Crippen molar-refractivity contribution in [1.29, 1.82) is 0 Å². The van der Waals surface area contributed by atoms with Gasteiger partial charge in [0, 0.05) is 37.7 Å². The number of ketones is 1. The van der Waals surface area contributed by atoms with Crippen LogP contribution in [0.2, 0.25) is 0 Å². The highest BCUT2D eigenvalue weighted by Gasteiger charge is 2.23. The fraction of sp³-hybridized carbons (Fsp3) is 0.562. The highest BCUT2D eigenvalue weighted by molar-refractivity contribution is 5.98. The summed E-state index contributed by atoms with van der Waals surface area (Å²) >= 11 is 0. The number of nitrogens with zero attached hydrogens (tertiary/aromatic N) is 1. The molecule has 0 bridgehead atoms. The highest BCUT2D eigenvalue weighted by atomic mass is 16.1. The lowest BCUT2D eigenvalue weighted by Gasteiger charge is -2.32. The summed E-state index contributed by atoms with van der Waals surface area (Å²) < 4.78 is 0. The van der Waals surface area contributed by atoms with Crippen LogP contribution in [0, 0.1) is 20.8 Å². The molecule has 1 aromatic carbocycles. The van der Waals surface area contributed by atoms with Crippen LogP contribution in [-0.2, 0) is 0 Å². The number of piperazine rings is 1. The van der Waals surface area contributed by atoms with Gasteiger partial charge in [-0.25, -0.2) is 0 Å². The van der Waals surface area contributed by atoms with Gasteiger partial charge in [-0.15, -0.1) is 0 Å². The Balaban J connectivity index is 2.14. The van der Waals surface area contributed by atoms with Crippen molar-refractivity contribution in [2.24, 2.45) is 0 Å². The molecule has 19 heavy (non-hydrogen) atoms. The zero-order chi connectivity index (χ0) is 14.0. The van der Waals surface area contributed by atoms with Gasteiger partial charge in [0.15, 0.2) is 5.78 Å². The van der Waals surface area contributed by atoms with Crippen molar-refractivity contribution in [3.05, 3.63) is 34.4 Å². The molecular weight excluding hydrogens is 236 g/mol. The molecule has 1 aliphatic rings. The Morgan fingerprint density at radius 2 is 2.05 bits per heavy atom. The number of carbonyl (C=O) groups excluding carboxylic acids is 1. The lowest BCUT2D eigenvalue weighted by atomic mass is 9.93. The van der Waals surface area contributed by atoms with Crippen LogP contribution in [0.3, 0.4) is 0 Å². The molecule has 2 rings (SSSR count). The van der Waals surface area contributed by atoms with Crippen LogP contribution in [0.15, 0.2) is 12.1 Å². The minimum Gasteiger partial charge on any atom is -0.314 e. The number of benzene rings is 1. The molecule has 3 nitrogen and oxygen atoms in total. The van der Waals surface area contributed by atoms with Gasteiger partial charge in [0.25, 0.3) is 0 Å². The van der Waals surface area contributed by atoms with E-state index in [1.165, 1.54) is 11.1 Å². The predicted octanol–water partition coefficient (Wildman–Crippen LogP) is 2.09. The summed E-state index contributed by atoms with van der Waals surface area (Å²) in [6.07, 6.45) is 0.604. The molecule has 1 fully saturated rings. The Morgan fingerprint density at radius 1 is 1.32 bits per heavy atom. The van der Waals surface area contributed by atoms with Crippen LogP contribution in [0.25, 0.3) is 0 Å². The maximum atomic E-state index is 12.5. The average molecular weight is 260 g/mol. The van der Waals surface area contributed by atoms with Gasteiger partial charge in [0.05, 0.1) is 0 Å². The first-order valence-electron chi connectivity index (χ1n) is 7.01. The van der Waals surface area contributed by atoms with Crippen molar-refractivity contribution < 1.29 is 4.79 Å². The van der Waals surface area contributed by atoms with Gasteiger partial charge in [0.2, 0.25) is 0 Å². The van der Waals surface area contributed by atoms with E-state index in [2.05, 4.69) is 44.1 Å². The van der Waals surface area contributed by atoms with Crippen molar-refractivity contribution in [3.63, 3.8) is 0 Å². The second-order valence-electron chi connectivity index (χ2n) is 5.65. The van der Waals surface area contributed by atoms with Crippen molar-refractivity contribution in [2.75, 3.05) is 26.7 Å². The second kappa shape index (κ2) is 5.85. The van der Waals surface area contributed by atoms with E-state index in [4.69, 9.17) is 0 Å². The molecule has 0 saturated carbocycles. The van der Waals surface area contributed by atoms with E-state index in [1.54, 1.807) is 0 Å². The van der Waals surface area contributed by atoms with Crippen LogP contribution >= 0.6 is 0 Å². The number of hydrogen-bond acceptors (Lipinski definition) is 3. The molecule has 104 valence electrons. The Hall–Kier alpha value is -1.19. The summed E-state index contributed by atoms with van der Waals surface area (Å²) in [7, 11) is 2.10. The first-order chi connectivity index (χ1) is 9.00. The topological polar surface area (TPSA) is 32.3 Å². The molecule has 1 aromatic rings. The molecule has 0 radical (unpaired) electrons. The molecule has 0 aliphatic carbocycles. The fourth-order valence-electron chi connectivity index (χ4n) is 2.67. The monoisotopic (exact) mass is 260 g/mol. The summed E-state index contributed by atoms with van der Waals surface area (Å²) in [6.45, 7) is 9.18. The zero-order valence-corrected chi connectivity index (χ0v) is 12.4. The third kappa shape index (κ3) is 3.04. The predicted molar refractivity (Wildman–Crippen MR) is 78.9 cm³/mol. The Bertz CT molecular complexity index is 482. The van der Waals surface area contributed by atoms with E-state index >= 15 is 0 Å². The van der Waals surface area contributed by atoms with Gasteiger partial charge in [0.1, 0.15) is 0 Å². The van der Waals surface area contributed by atoms with Crippen molar-refractivity contribution in [1.82, 2.24) is 10.2 Å². The molecule has 1 unspecified atom stereocenters. The lowest BCUT2D eigenvalue weighted by Crippen LogP contribution is -2.50. The minimum atomic E-state index is 0.265. The van der Waals surface area contributed by atoms with E-state index in [0.717, 1.165) is 30.8 Å². The van der Waals surface area contributed by atoms with E-state index in [1.807, 2.05) is 6.07 Å². The summed E-state index contributed by atoms with van der Waals surface area (Å²) in [5.74, 6) is 0.265. The quantitative estimate of drug-likeness (QED) is 0.845. The van der Waals surface area contributed by atoms with Crippen LogP contribution in [0.4, 0.5) is 0 Å². The number of Topliss-reactive ketones (excluding diaryl/α,β-unsaturated/α-hetero) is 1. The molecule has 1 N–H and O–H groups in total. The molecule has 0 aromatic heterocycles. The smallest absolute Gasteiger partial charge is 0.164 e. The second-order valence-corrected chi connectivity index (χ2v) is 5.65. The van der Waals surface area contributed by atoms with Gasteiger partial charge in [-0.05, 0) is 44.5 Å². The lowest BCUT2D eigenvalue weighted by molar-refractivity contribution is 0.0916. The third-order valence-corrected chi connectivity index (χ3v) is 4.42. The summed E-state index contributed by atoms with van der Waals surface area (Å²) in [5, 5.41) is 3.36. The summed E-state index contributed by atoms with van der Waals surface area (Å²) in [6, 6.07) is 4.36. The van der Waals surface area contributed by atoms with E-state index in [0.29, 0.717) is 12.5 Å². The van der Waals surface area contributed by atoms with Gasteiger partial charge >= 0.3 is 0 Å². The standard InChI is InChI=1S/C16H24N2O/c1-11-5-6-15(13(3)12(11)2)16(19)9-14-10-17-7-8-18(14)4/h5-6,14,17H,7-10H2,1-4H3. The summed E-state index contributed by atoms with van der Waals surface area (Å²) in [4.78, 5) is 14.8. The van der Waals surface area contributed by atoms with Gasteiger partial charge in [-0.1, -0.05) is 12.1 Å². The fourth-order valence-corrected chi connectivity index (χ4v) is 2.67. The molecule has 3 heteroatoms. The highest BCUT2D eigenvalue weighted by Crippen LogP contribution is 2.20. The average Bonchev–Trinajstić information content (AvgIpc) is 2.39. The normalized spacial score (nSPS) is 20.5. The summed E-state index contributed by atoms with van der Waals surface area (Å²) in [5.41, 5.74) is 4.52. The first kappa shape index (κ1) is 14.2. The van der Waals surface area contributed by atoms with E-state index in [-0.39, 0.29) is 5.78 Å². The van der Waals surface area contributed by atoms with Crippen molar-refractivity contribution in [3.8, 4) is 0 Å². The van der Waals surface area contributed by atoms with Gasteiger partial charge in [-0.3, -0.25) is 4.79 Å². The van der Waals surface area contributed by atoms with Gasteiger partial charge in [-0.2, -0.15) is 0 Å². The maximum absolute atomic E-state index is 12.5. The molecular formula is C16H24N2O. The Kier molecular flexibility index (Phi) is 4.38. The van der Waals surface area contributed by atoms with Crippen LogP contribution < -0.4 is 5.32 Å². The largest absolute Gasteiger partial charge is 0.314 e. The zero-order valence-electron chi connectivity index (χ0n) is 12.4. The van der Waals surface area contributed by atoms with Crippen molar-refractivity contribution in [2.45, 2.75) is 33.2 Å². The SMILES string of the molecule is Cc1ccc(C(=O)CC2CNCCN2C)c(C)c1C. The number of rotatable bonds is 3. The van der Waals surface area contributed by atoms with E-state index < -0.39 is 0 Å². The van der Waals surface area contributed by atoms with Gasteiger partial charge < -0.3 is 10.2 Å². The van der Waals surface area contributed by atoms with Crippen LogP contribution in [-0.4, -0.2) is 43.4 Å². The van der Waals surface area contributed by atoms with Crippen LogP contribution in [0.5, 0.6) is 0 Å². The van der Waals surface area contributed by atoms with Crippen LogP contribution in [0.1, 0.15) is 33.5 Å². The maximum Gasteiger partial charge on any atom is 0.164 e. The molecule has 0 spiro atoms. The van der Waals surface area contributed by atoms with Crippen molar-refractivity contribution >= 4 is 5.78 Å². The van der Waals surface area contributed by atoms with E-state index in [9.17, 15) is 4.79 Å². The third-order valence-electron chi connectivity index (χ3n) is 4.42. The minimum absolute atomic E-state index is 0.265. The molecule has 0 amide bonds. The number of likely N-dealkylation sites (N-methyl/N-ethyl adjacent to an activating group) is 1. The number of nitrogens with one attached hydrogen (secondary N) is 1. The first-order valence-corrected chi connectivity index (χ1v) is 7.01. The number of hydrogen-bond donors (Lipinski definition) is 1. The molecule has 1 heterocycles. The number of carbonyl (C=O) groups is 1. The Morgan fingerprint density at radius 3 is 2.74 bits per heavy atom.